The Kier molecular flexibility index (Phi) is 6.14. The molecule has 0 atom stereocenters. The van der Waals surface area contributed by atoms with Gasteiger partial charge in [-0.15, -0.1) is 0 Å². The number of carbonyl (C=O) groups is 2. The fourth-order valence-electron chi connectivity index (χ4n) is 1.90. The van der Waals surface area contributed by atoms with Gasteiger partial charge in [-0.1, -0.05) is 13.3 Å². The molecule has 1 N–H and O–H groups in total. The van der Waals surface area contributed by atoms with E-state index in [2.05, 4.69) is 4.98 Å². The number of rotatable bonds is 7. The normalized spacial score (nSPS) is 10.3. The number of aryl methyl sites for hydroxylation is 1. The van der Waals surface area contributed by atoms with Gasteiger partial charge >= 0.3 is 5.97 Å². The van der Waals surface area contributed by atoms with Crippen LogP contribution in [0.2, 0.25) is 0 Å². The highest BCUT2D eigenvalue weighted by molar-refractivity contribution is 5.89. The first-order valence-electron chi connectivity index (χ1n) is 7.08. The van der Waals surface area contributed by atoms with Gasteiger partial charge in [-0.25, -0.2) is 9.78 Å². The fraction of sp³-hybridized carbons (Fsp3) is 0.533. The molecular weight excluding hydrogens is 270 g/mol. The van der Waals surface area contributed by atoms with Crippen LogP contribution in [0, 0.1) is 0 Å². The molecule has 0 spiro atoms. The number of carboxylic acid groups (broad SMARTS) is 1. The topological polar surface area (TPSA) is 73.7 Å². The van der Waals surface area contributed by atoms with E-state index < -0.39 is 5.97 Å². The molecule has 0 saturated heterocycles. The van der Waals surface area contributed by atoms with Gasteiger partial charge in [0, 0.05) is 26.3 Å². The summed E-state index contributed by atoms with van der Waals surface area (Å²) in [7, 11) is 3.39. The first kappa shape index (κ1) is 16.9. The molecule has 6 nitrogen and oxygen atoms in total. The van der Waals surface area contributed by atoms with Crippen molar-refractivity contribution in [1.82, 2.24) is 9.88 Å². The zero-order valence-corrected chi connectivity index (χ0v) is 13.1. The SMILES string of the molecule is CCCc1cc(C(=O)O)cc(N(CC)CC(=O)N(C)C)n1. The number of aromatic carboxylic acids is 1. The maximum Gasteiger partial charge on any atom is 0.335 e. The van der Waals surface area contributed by atoms with E-state index >= 15 is 0 Å². The van der Waals surface area contributed by atoms with E-state index in [1.165, 1.54) is 11.0 Å². The second kappa shape index (κ2) is 7.61. The number of carboxylic acids is 1. The Morgan fingerprint density at radius 2 is 1.90 bits per heavy atom. The molecule has 1 rings (SSSR count). The molecule has 0 aliphatic heterocycles. The lowest BCUT2D eigenvalue weighted by atomic mass is 10.1. The number of carbonyl (C=O) groups excluding carboxylic acids is 1. The molecule has 0 saturated carbocycles. The Morgan fingerprint density at radius 3 is 2.38 bits per heavy atom. The van der Waals surface area contributed by atoms with Crippen molar-refractivity contribution in [3.8, 4) is 0 Å². The molecule has 1 aromatic rings. The third kappa shape index (κ3) is 4.73. The molecule has 1 heterocycles. The molecule has 0 unspecified atom stereocenters. The van der Waals surface area contributed by atoms with Crippen LogP contribution in [0.5, 0.6) is 0 Å². The van der Waals surface area contributed by atoms with Gasteiger partial charge in [0.2, 0.25) is 5.91 Å². The zero-order valence-electron chi connectivity index (χ0n) is 13.1. The minimum atomic E-state index is -0.981. The van der Waals surface area contributed by atoms with Crippen LogP contribution in [-0.4, -0.2) is 54.1 Å². The summed E-state index contributed by atoms with van der Waals surface area (Å²) < 4.78 is 0. The number of hydrogen-bond donors (Lipinski definition) is 1. The predicted octanol–water partition coefficient (Wildman–Crippen LogP) is 1.65. The van der Waals surface area contributed by atoms with Crippen LogP contribution in [0.25, 0.3) is 0 Å². The molecule has 1 amide bonds. The summed E-state index contributed by atoms with van der Waals surface area (Å²) >= 11 is 0. The molecule has 6 heteroatoms. The van der Waals surface area contributed by atoms with Crippen LogP contribution in [-0.2, 0) is 11.2 Å². The van der Waals surface area contributed by atoms with E-state index in [0.29, 0.717) is 18.8 Å². The van der Waals surface area contributed by atoms with Crippen molar-refractivity contribution in [1.29, 1.82) is 0 Å². The molecule has 0 fully saturated rings. The van der Waals surface area contributed by atoms with Crippen LogP contribution in [0.15, 0.2) is 12.1 Å². The smallest absolute Gasteiger partial charge is 0.335 e. The Bertz CT molecular complexity index is 515. The van der Waals surface area contributed by atoms with E-state index in [9.17, 15) is 14.7 Å². The van der Waals surface area contributed by atoms with Crippen molar-refractivity contribution in [2.24, 2.45) is 0 Å². The Morgan fingerprint density at radius 1 is 1.24 bits per heavy atom. The average molecular weight is 293 g/mol. The number of nitrogens with zero attached hydrogens (tertiary/aromatic N) is 3. The quantitative estimate of drug-likeness (QED) is 0.827. The van der Waals surface area contributed by atoms with Gasteiger partial charge in [0.15, 0.2) is 0 Å². The summed E-state index contributed by atoms with van der Waals surface area (Å²) in [6, 6.07) is 3.12. The number of aromatic nitrogens is 1. The van der Waals surface area contributed by atoms with Gasteiger partial charge in [-0.05, 0) is 25.5 Å². The first-order valence-corrected chi connectivity index (χ1v) is 7.08. The molecule has 0 aromatic carbocycles. The highest BCUT2D eigenvalue weighted by Gasteiger charge is 2.16. The van der Waals surface area contributed by atoms with Crippen LogP contribution < -0.4 is 4.90 Å². The van der Waals surface area contributed by atoms with Gasteiger partial charge in [0.1, 0.15) is 5.82 Å². The van der Waals surface area contributed by atoms with Crippen molar-refractivity contribution in [2.45, 2.75) is 26.7 Å². The predicted molar refractivity (Wildman–Crippen MR) is 81.8 cm³/mol. The lowest BCUT2D eigenvalue weighted by Crippen LogP contribution is -2.37. The van der Waals surface area contributed by atoms with E-state index in [1.54, 1.807) is 25.1 Å². The number of pyridine rings is 1. The first-order chi connectivity index (χ1) is 9.88. The molecule has 116 valence electrons. The standard InChI is InChI=1S/C15H23N3O3/c1-5-7-12-8-11(15(20)21)9-13(16-12)18(6-2)10-14(19)17(3)4/h8-9H,5-7,10H2,1-4H3,(H,20,21). The highest BCUT2D eigenvalue weighted by Crippen LogP contribution is 2.16. The Hall–Kier alpha value is -2.11. The number of anilines is 1. The molecular formula is C15H23N3O3. The van der Waals surface area contributed by atoms with Crippen LogP contribution in [0.4, 0.5) is 5.82 Å². The highest BCUT2D eigenvalue weighted by atomic mass is 16.4. The van der Waals surface area contributed by atoms with E-state index in [0.717, 1.165) is 12.1 Å². The summed E-state index contributed by atoms with van der Waals surface area (Å²) in [4.78, 5) is 30.9. The largest absolute Gasteiger partial charge is 0.478 e. The van der Waals surface area contributed by atoms with Gasteiger partial charge in [-0.3, -0.25) is 4.79 Å². The zero-order chi connectivity index (χ0) is 16.0. The van der Waals surface area contributed by atoms with Crippen molar-refractivity contribution < 1.29 is 14.7 Å². The van der Waals surface area contributed by atoms with E-state index in [4.69, 9.17) is 0 Å². The third-order valence-electron chi connectivity index (χ3n) is 3.15. The summed E-state index contributed by atoms with van der Waals surface area (Å²) in [5.41, 5.74) is 0.947. The van der Waals surface area contributed by atoms with Crippen LogP contribution in [0.3, 0.4) is 0 Å². The monoisotopic (exact) mass is 293 g/mol. The molecule has 0 aliphatic carbocycles. The molecule has 0 bridgehead atoms. The van der Waals surface area contributed by atoms with Crippen molar-refractivity contribution in [2.75, 3.05) is 32.1 Å². The van der Waals surface area contributed by atoms with Gasteiger partial charge in [0.25, 0.3) is 0 Å². The molecule has 21 heavy (non-hydrogen) atoms. The maximum atomic E-state index is 11.9. The Labute approximate surface area is 125 Å². The molecule has 1 aromatic heterocycles. The van der Waals surface area contributed by atoms with E-state index in [1.807, 2.05) is 13.8 Å². The van der Waals surface area contributed by atoms with Gasteiger partial charge in [-0.2, -0.15) is 0 Å². The lowest BCUT2D eigenvalue weighted by Gasteiger charge is -2.24. The summed E-state index contributed by atoms with van der Waals surface area (Å²) in [5, 5.41) is 9.21. The number of amides is 1. The van der Waals surface area contributed by atoms with Gasteiger partial charge in [0.05, 0.1) is 12.1 Å². The van der Waals surface area contributed by atoms with Crippen molar-refractivity contribution in [3.63, 3.8) is 0 Å². The Balaban J connectivity index is 3.12. The third-order valence-corrected chi connectivity index (χ3v) is 3.15. The van der Waals surface area contributed by atoms with E-state index in [-0.39, 0.29) is 18.0 Å². The number of likely N-dealkylation sites (N-methyl/N-ethyl adjacent to an activating group) is 2. The van der Waals surface area contributed by atoms with Gasteiger partial charge < -0.3 is 14.9 Å². The van der Waals surface area contributed by atoms with Crippen LogP contribution in [0.1, 0.15) is 36.3 Å². The molecule has 0 radical (unpaired) electrons. The van der Waals surface area contributed by atoms with Crippen molar-refractivity contribution >= 4 is 17.7 Å². The van der Waals surface area contributed by atoms with Crippen molar-refractivity contribution in [3.05, 3.63) is 23.4 Å². The minimum absolute atomic E-state index is 0.0450. The number of hydrogen-bond acceptors (Lipinski definition) is 4. The lowest BCUT2D eigenvalue weighted by molar-refractivity contribution is -0.127. The second-order valence-corrected chi connectivity index (χ2v) is 5.06. The summed E-state index contributed by atoms with van der Waals surface area (Å²) in [6.07, 6.45) is 1.60. The second-order valence-electron chi connectivity index (χ2n) is 5.06. The fourth-order valence-corrected chi connectivity index (χ4v) is 1.90. The molecule has 0 aliphatic rings. The van der Waals surface area contributed by atoms with Crippen LogP contribution >= 0.6 is 0 Å². The average Bonchev–Trinajstić information content (AvgIpc) is 2.44. The summed E-state index contributed by atoms with van der Waals surface area (Å²) in [5.74, 6) is -0.488. The summed E-state index contributed by atoms with van der Waals surface area (Å²) in [6.45, 7) is 4.70. The minimum Gasteiger partial charge on any atom is -0.478 e. The maximum absolute atomic E-state index is 11.9.